The molecule has 0 spiro atoms. The second-order valence-corrected chi connectivity index (χ2v) is 5.80. The van der Waals surface area contributed by atoms with E-state index in [1.165, 1.54) is 11.5 Å². The van der Waals surface area contributed by atoms with Gasteiger partial charge in [-0.25, -0.2) is 4.79 Å². The van der Waals surface area contributed by atoms with Gasteiger partial charge in [-0.05, 0) is 48.5 Å². The second kappa shape index (κ2) is 6.19. The van der Waals surface area contributed by atoms with E-state index < -0.39 is 0 Å². The highest BCUT2D eigenvalue weighted by Crippen LogP contribution is 2.21. The fourth-order valence-corrected chi connectivity index (χ4v) is 2.94. The number of carbonyl (C=O) groups is 1. The number of hydrogen-bond acceptors (Lipinski definition) is 4. The normalized spacial score (nSPS) is 16.2. The highest BCUT2D eigenvalue weighted by Gasteiger charge is 2.14. The summed E-state index contributed by atoms with van der Waals surface area (Å²) in [4.78, 5) is 11.9. The Morgan fingerprint density at radius 2 is 2.25 bits per heavy atom. The van der Waals surface area contributed by atoms with Crippen LogP contribution in [0.15, 0.2) is 24.4 Å². The summed E-state index contributed by atoms with van der Waals surface area (Å²) in [5.41, 5.74) is 0.794. The van der Waals surface area contributed by atoms with Gasteiger partial charge in [0, 0.05) is 37.0 Å². The minimum atomic E-state index is -0.154. The van der Waals surface area contributed by atoms with Crippen molar-refractivity contribution in [2.24, 2.45) is 5.92 Å². The van der Waals surface area contributed by atoms with Gasteiger partial charge < -0.3 is 15.4 Å². The number of fused-ring (bicyclic) bond motifs is 1. The molecule has 20 heavy (non-hydrogen) atoms. The third kappa shape index (κ3) is 3.26. The molecule has 2 N–H and O–H groups in total. The van der Waals surface area contributed by atoms with Crippen molar-refractivity contribution in [3.63, 3.8) is 0 Å². The van der Waals surface area contributed by atoms with Crippen LogP contribution in [0.2, 0.25) is 0 Å². The number of urea groups is 1. The first kappa shape index (κ1) is 13.3. The molecule has 2 amide bonds. The van der Waals surface area contributed by atoms with Crippen molar-refractivity contribution < 1.29 is 9.53 Å². The van der Waals surface area contributed by atoms with Gasteiger partial charge in [0.05, 0.1) is 4.70 Å². The number of nitrogens with zero attached hydrogens (tertiary/aromatic N) is 1. The first-order valence-electron chi connectivity index (χ1n) is 6.78. The largest absolute Gasteiger partial charge is 0.381 e. The fourth-order valence-electron chi connectivity index (χ4n) is 2.31. The van der Waals surface area contributed by atoms with E-state index >= 15 is 0 Å². The van der Waals surface area contributed by atoms with E-state index in [1.54, 1.807) is 0 Å². The number of hydrogen-bond donors (Lipinski definition) is 2. The maximum Gasteiger partial charge on any atom is 0.319 e. The van der Waals surface area contributed by atoms with E-state index in [-0.39, 0.29) is 6.03 Å². The molecule has 0 unspecified atom stereocenters. The summed E-state index contributed by atoms with van der Waals surface area (Å²) in [7, 11) is 0. The molecule has 6 heteroatoms. The Morgan fingerprint density at radius 3 is 3.10 bits per heavy atom. The molecule has 1 aliphatic heterocycles. The number of benzene rings is 1. The maximum absolute atomic E-state index is 11.9. The van der Waals surface area contributed by atoms with Crippen LogP contribution in [-0.4, -0.2) is 30.2 Å². The molecule has 1 aromatic carbocycles. The van der Waals surface area contributed by atoms with E-state index in [4.69, 9.17) is 4.74 Å². The Kier molecular flexibility index (Phi) is 4.13. The van der Waals surface area contributed by atoms with E-state index in [9.17, 15) is 4.79 Å². The first-order chi connectivity index (χ1) is 9.81. The van der Waals surface area contributed by atoms with Gasteiger partial charge in [0.2, 0.25) is 0 Å². The van der Waals surface area contributed by atoms with Gasteiger partial charge in [-0.1, -0.05) is 0 Å². The number of nitrogens with one attached hydrogen (secondary N) is 2. The number of anilines is 1. The van der Waals surface area contributed by atoms with Crippen LogP contribution in [0.4, 0.5) is 10.5 Å². The van der Waals surface area contributed by atoms with Gasteiger partial charge in [0.25, 0.3) is 0 Å². The predicted octanol–water partition coefficient (Wildman–Crippen LogP) is 2.84. The second-order valence-electron chi connectivity index (χ2n) is 4.97. The van der Waals surface area contributed by atoms with Crippen LogP contribution < -0.4 is 10.6 Å². The van der Waals surface area contributed by atoms with Gasteiger partial charge >= 0.3 is 6.03 Å². The summed E-state index contributed by atoms with van der Waals surface area (Å²) in [6.45, 7) is 2.31. The number of ether oxygens (including phenoxy) is 1. The molecule has 0 radical (unpaired) electrons. The summed E-state index contributed by atoms with van der Waals surface area (Å²) in [6, 6.07) is 5.65. The van der Waals surface area contributed by atoms with Crippen molar-refractivity contribution >= 4 is 33.3 Å². The molecule has 2 aromatic rings. The van der Waals surface area contributed by atoms with Crippen molar-refractivity contribution in [2.75, 3.05) is 25.1 Å². The van der Waals surface area contributed by atoms with Crippen LogP contribution in [0.5, 0.6) is 0 Å². The number of rotatable bonds is 3. The van der Waals surface area contributed by atoms with Crippen molar-refractivity contribution in [1.29, 1.82) is 0 Å². The molecule has 0 aliphatic carbocycles. The van der Waals surface area contributed by atoms with Gasteiger partial charge in [0.1, 0.15) is 0 Å². The molecule has 3 rings (SSSR count). The Morgan fingerprint density at radius 1 is 1.40 bits per heavy atom. The van der Waals surface area contributed by atoms with Crippen molar-refractivity contribution in [2.45, 2.75) is 12.8 Å². The monoisotopic (exact) mass is 291 g/mol. The summed E-state index contributed by atoms with van der Waals surface area (Å²) >= 11 is 1.45. The van der Waals surface area contributed by atoms with Crippen LogP contribution in [0, 0.1) is 5.92 Å². The summed E-state index contributed by atoms with van der Waals surface area (Å²) in [5, 5.41) is 6.84. The Labute approximate surface area is 121 Å². The lowest BCUT2D eigenvalue weighted by Gasteiger charge is -2.22. The molecule has 1 saturated heterocycles. The third-order valence-corrected chi connectivity index (χ3v) is 4.28. The highest BCUT2D eigenvalue weighted by atomic mass is 32.1. The van der Waals surface area contributed by atoms with Crippen LogP contribution in [0.1, 0.15) is 12.8 Å². The van der Waals surface area contributed by atoms with Crippen LogP contribution in [0.25, 0.3) is 10.1 Å². The lowest BCUT2D eigenvalue weighted by molar-refractivity contribution is 0.0671. The topological polar surface area (TPSA) is 63.2 Å². The third-order valence-electron chi connectivity index (χ3n) is 3.50. The Hall–Kier alpha value is -1.66. The zero-order chi connectivity index (χ0) is 13.8. The fraction of sp³-hybridized carbons (Fsp3) is 0.429. The predicted molar refractivity (Wildman–Crippen MR) is 80.2 cm³/mol. The van der Waals surface area contributed by atoms with Crippen molar-refractivity contribution in [3.05, 3.63) is 24.4 Å². The number of aromatic nitrogens is 1. The lowest BCUT2D eigenvalue weighted by atomic mass is 10.0. The Balaban J connectivity index is 1.52. The SMILES string of the molecule is O=C(NCC1CCOCC1)Nc1ccc2sncc2c1. The smallest absolute Gasteiger partial charge is 0.319 e. The van der Waals surface area contributed by atoms with Crippen molar-refractivity contribution in [1.82, 2.24) is 9.69 Å². The molecular weight excluding hydrogens is 274 g/mol. The number of carbonyl (C=O) groups excluding carboxylic acids is 1. The summed E-state index contributed by atoms with van der Waals surface area (Å²) < 4.78 is 10.5. The van der Waals surface area contributed by atoms with E-state index in [0.29, 0.717) is 12.5 Å². The van der Waals surface area contributed by atoms with Crippen LogP contribution in [-0.2, 0) is 4.74 Å². The summed E-state index contributed by atoms with van der Waals surface area (Å²) in [6.07, 6.45) is 3.85. The average molecular weight is 291 g/mol. The molecule has 1 aliphatic rings. The molecular formula is C14H17N3O2S. The minimum Gasteiger partial charge on any atom is -0.381 e. The Bertz CT molecular complexity index is 593. The molecule has 2 heterocycles. The van der Waals surface area contributed by atoms with E-state index in [1.807, 2.05) is 24.4 Å². The van der Waals surface area contributed by atoms with E-state index in [0.717, 1.165) is 41.8 Å². The standard InChI is InChI=1S/C14H17N3O2S/c18-14(15-8-10-3-5-19-6-4-10)17-12-1-2-13-11(7-12)9-16-20-13/h1-2,7,9-10H,3-6,8H2,(H2,15,17,18). The first-order valence-corrected chi connectivity index (χ1v) is 7.55. The molecule has 1 fully saturated rings. The van der Waals surface area contributed by atoms with Crippen LogP contribution in [0.3, 0.4) is 0 Å². The minimum absolute atomic E-state index is 0.154. The van der Waals surface area contributed by atoms with Gasteiger partial charge in [-0.15, -0.1) is 0 Å². The number of amides is 2. The quantitative estimate of drug-likeness (QED) is 0.914. The van der Waals surface area contributed by atoms with E-state index in [2.05, 4.69) is 15.0 Å². The molecule has 0 bridgehead atoms. The molecule has 106 valence electrons. The zero-order valence-electron chi connectivity index (χ0n) is 11.1. The molecule has 0 saturated carbocycles. The molecule has 5 nitrogen and oxygen atoms in total. The summed E-state index contributed by atoms with van der Waals surface area (Å²) in [5.74, 6) is 0.526. The molecule has 1 aromatic heterocycles. The highest BCUT2D eigenvalue weighted by molar-refractivity contribution is 7.13. The van der Waals surface area contributed by atoms with Crippen molar-refractivity contribution in [3.8, 4) is 0 Å². The van der Waals surface area contributed by atoms with Crippen LogP contribution >= 0.6 is 11.5 Å². The molecule has 0 atom stereocenters. The maximum atomic E-state index is 11.9. The zero-order valence-corrected chi connectivity index (χ0v) is 11.9. The van der Waals surface area contributed by atoms with Gasteiger partial charge in [-0.3, -0.25) is 0 Å². The average Bonchev–Trinajstić information content (AvgIpc) is 2.94. The van der Waals surface area contributed by atoms with Gasteiger partial charge in [0.15, 0.2) is 0 Å². The lowest BCUT2D eigenvalue weighted by Crippen LogP contribution is -2.35. The van der Waals surface area contributed by atoms with Gasteiger partial charge in [-0.2, -0.15) is 4.37 Å².